The second kappa shape index (κ2) is 11.7. The Morgan fingerprint density at radius 1 is 1.18 bits per heavy atom. The molecule has 1 aliphatic carbocycles. The zero-order valence-corrected chi connectivity index (χ0v) is 25.4. The lowest BCUT2D eigenvalue weighted by Gasteiger charge is -2.40. The molecule has 1 aromatic carbocycles. The number of halogens is 1. The van der Waals surface area contributed by atoms with Crippen LogP contribution in [0.2, 0.25) is 0 Å². The fourth-order valence-corrected chi connectivity index (χ4v) is 6.77. The minimum Gasteiger partial charge on any atom is -0.425 e. The molecule has 216 valence electrons. The number of aromatic nitrogens is 1. The average molecular weight is 617 g/mol. The largest absolute Gasteiger partial charge is 0.425 e. The minimum absolute atomic E-state index is 0.0834. The van der Waals surface area contributed by atoms with Crippen molar-refractivity contribution >= 4 is 50.4 Å². The van der Waals surface area contributed by atoms with Crippen molar-refractivity contribution in [2.45, 2.75) is 52.9 Å². The van der Waals surface area contributed by atoms with Gasteiger partial charge < -0.3 is 19.1 Å². The standard InChI is InChI=1S/C30H38BrN3O6/c1-6-33(7-2)27(35)19-13-21-20-9-8-10-23-25(20)22(14-24(21)32(5)15-19)26(31)34(23)30(37)40-29(17(3)4)39-28(36)18-11-12-38-16-18/h8-10,13,17-19,24,29H,6-7,11-12,14-16H2,1-5H3/t18-,19-,24-,29?/m1/s1. The molecule has 0 spiro atoms. The summed E-state index contributed by atoms with van der Waals surface area (Å²) < 4.78 is 18.9. The van der Waals surface area contributed by atoms with Gasteiger partial charge in [-0.15, -0.1) is 0 Å². The fourth-order valence-electron chi connectivity index (χ4n) is 6.08. The van der Waals surface area contributed by atoms with Crippen molar-refractivity contribution in [2.24, 2.45) is 17.8 Å². The molecule has 4 atom stereocenters. The van der Waals surface area contributed by atoms with Crippen molar-refractivity contribution in [3.63, 3.8) is 0 Å². The minimum atomic E-state index is -1.02. The topological polar surface area (TPSA) is 90.3 Å². The van der Waals surface area contributed by atoms with Gasteiger partial charge in [-0.25, -0.2) is 9.36 Å². The summed E-state index contributed by atoms with van der Waals surface area (Å²) in [7, 11) is 2.06. The molecule has 9 nitrogen and oxygen atoms in total. The summed E-state index contributed by atoms with van der Waals surface area (Å²) in [6.07, 6.45) is 1.78. The predicted molar refractivity (Wildman–Crippen MR) is 155 cm³/mol. The van der Waals surface area contributed by atoms with E-state index in [1.54, 1.807) is 0 Å². The molecule has 2 aromatic rings. The third kappa shape index (κ3) is 5.10. The molecule has 1 unspecified atom stereocenters. The number of fused-ring (bicyclic) bond motifs is 2. The molecule has 1 amide bonds. The predicted octanol–water partition coefficient (Wildman–Crippen LogP) is 4.69. The van der Waals surface area contributed by atoms with Crippen LogP contribution in [0.25, 0.3) is 16.5 Å². The van der Waals surface area contributed by atoms with Crippen LogP contribution in [-0.2, 0) is 30.2 Å². The van der Waals surface area contributed by atoms with Gasteiger partial charge in [0.05, 0.1) is 28.6 Å². The van der Waals surface area contributed by atoms with Gasteiger partial charge in [-0.1, -0.05) is 32.1 Å². The first-order valence-electron chi connectivity index (χ1n) is 14.2. The van der Waals surface area contributed by atoms with E-state index in [9.17, 15) is 14.4 Å². The lowest BCUT2D eigenvalue weighted by Crippen LogP contribution is -2.47. The SMILES string of the molecule is CCN(CC)C(=O)[C@@H]1C=C2c3cccc4c3c(c(Br)n4C(=O)OC(OC(=O)[C@@H]3CCOC3)C(C)C)C[C@H]2N(C)C1. The highest BCUT2D eigenvalue weighted by Gasteiger charge is 2.39. The molecule has 0 radical (unpaired) electrons. The molecule has 0 bridgehead atoms. The molecule has 0 N–H and O–H groups in total. The maximum atomic E-state index is 13.6. The zero-order chi connectivity index (χ0) is 28.7. The van der Waals surface area contributed by atoms with Crippen LogP contribution in [0, 0.1) is 17.8 Å². The van der Waals surface area contributed by atoms with E-state index in [2.05, 4.69) is 40.0 Å². The van der Waals surface area contributed by atoms with Gasteiger partial charge in [0.25, 0.3) is 6.29 Å². The Morgan fingerprint density at radius 3 is 2.58 bits per heavy atom. The van der Waals surface area contributed by atoms with Crippen LogP contribution in [-0.4, -0.2) is 84.6 Å². The van der Waals surface area contributed by atoms with Gasteiger partial charge in [0.2, 0.25) is 5.91 Å². The third-order valence-electron chi connectivity index (χ3n) is 8.33. The number of amides is 1. The van der Waals surface area contributed by atoms with Crippen molar-refractivity contribution < 1.29 is 28.6 Å². The van der Waals surface area contributed by atoms with E-state index in [1.165, 1.54) is 4.57 Å². The molecule has 2 aliphatic heterocycles. The lowest BCUT2D eigenvalue weighted by molar-refractivity contribution is -0.179. The number of esters is 1. The van der Waals surface area contributed by atoms with Gasteiger partial charge >= 0.3 is 12.1 Å². The molecular formula is C30H38BrN3O6. The molecule has 0 saturated carbocycles. The first-order valence-corrected chi connectivity index (χ1v) is 15.0. The van der Waals surface area contributed by atoms with Gasteiger partial charge in [-0.05, 0) is 72.4 Å². The number of hydrogen-bond acceptors (Lipinski definition) is 7. The van der Waals surface area contributed by atoms with Crippen LogP contribution >= 0.6 is 15.9 Å². The Kier molecular flexibility index (Phi) is 8.40. The van der Waals surface area contributed by atoms with Gasteiger partial charge in [0.15, 0.2) is 0 Å². The van der Waals surface area contributed by atoms with Crippen LogP contribution in [0.5, 0.6) is 0 Å². The summed E-state index contributed by atoms with van der Waals surface area (Å²) in [6.45, 7) is 10.6. The van der Waals surface area contributed by atoms with Crippen LogP contribution in [0.3, 0.4) is 0 Å². The number of rotatable bonds is 7. The summed E-state index contributed by atoms with van der Waals surface area (Å²) in [4.78, 5) is 43.7. The monoisotopic (exact) mass is 615 g/mol. The number of likely N-dealkylation sites (N-methyl/N-ethyl adjacent to an activating group) is 1. The lowest BCUT2D eigenvalue weighted by atomic mass is 9.79. The number of ether oxygens (including phenoxy) is 3. The van der Waals surface area contributed by atoms with E-state index in [-0.39, 0.29) is 29.7 Å². The summed E-state index contributed by atoms with van der Waals surface area (Å²) in [5.74, 6) is -1.07. The number of carbonyl (C=O) groups excluding carboxylic acids is 3. The van der Waals surface area contributed by atoms with E-state index in [4.69, 9.17) is 14.2 Å². The van der Waals surface area contributed by atoms with Crippen LogP contribution in [0.15, 0.2) is 28.9 Å². The van der Waals surface area contributed by atoms with E-state index in [0.29, 0.717) is 55.8 Å². The Balaban J connectivity index is 1.48. The van der Waals surface area contributed by atoms with Gasteiger partial charge in [0, 0.05) is 43.6 Å². The first-order chi connectivity index (χ1) is 19.2. The normalized spacial score (nSPS) is 23.1. The van der Waals surface area contributed by atoms with Crippen LogP contribution in [0.4, 0.5) is 4.79 Å². The molecule has 1 fully saturated rings. The van der Waals surface area contributed by atoms with Crippen molar-refractivity contribution in [1.29, 1.82) is 0 Å². The Hall–Kier alpha value is -2.69. The van der Waals surface area contributed by atoms with Gasteiger partial charge in [-0.2, -0.15) is 0 Å². The summed E-state index contributed by atoms with van der Waals surface area (Å²) in [6, 6.07) is 5.97. The summed E-state index contributed by atoms with van der Waals surface area (Å²) >= 11 is 3.70. The highest BCUT2D eigenvalue weighted by Crippen LogP contribution is 2.45. The maximum absolute atomic E-state index is 13.6. The van der Waals surface area contributed by atoms with Gasteiger partial charge in [0.1, 0.15) is 0 Å². The van der Waals surface area contributed by atoms with Crippen molar-refractivity contribution in [3.8, 4) is 0 Å². The second-order valence-corrected chi connectivity index (χ2v) is 11.9. The average Bonchev–Trinajstić information content (AvgIpc) is 3.57. The third-order valence-corrected chi connectivity index (χ3v) is 9.16. The summed E-state index contributed by atoms with van der Waals surface area (Å²) in [5.41, 5.74) is 3.86. The Labute approximate surface area is 243 Å². The van der Waals surface area contributed by atoms with Crippen molar-refractivity contribution in [3.05, 3.63) is 40.0 Å². The molecule has 1 saturated heterocycles. The number of carbonyl (C=O) groups is 3. The van der Waals surface area contributed by atoms with Crippen LogP contribution in [0.1, 0.15) is 45.2 Å². The Bertz CT molecular complexity index is 1340. The highest BCUT2D eigenvalue weighted by molar-refractivity contribution is 9.10. The maximum Gasteiger partial charge on any atom is 0.422 e. The first kappa shape index (κ1) is 28.8. The molecule has 40 heavy (non-hydrogen) atoms. The van der Waals surface area contributed by atoms with Crippen molar-refractivity contribution in [1.82, 2.24) is 14.4 Å². The van der Waals surface area contributed by atoms with Crippen molar-refractivity contribution in [2.75, 3.05) is 39.9 Å². The summed E-state index contributed by atoms with van der Waals surface area (Å²) in [5, 5.41) is 0.972. The molecule has 5 rings (SSSR count). The van der Waals surface area contributed by atoms with E-state index < -0.39 is 18.4 Å². The van der Waals surface area contributed by atoms with E-state index >= 15 is 0 Å². The Morgan fingerprint density at radius 2 is 1.93 bits per heavy atom. The molecule has 3 heterocycles. The molecule has 1 aromatic heterocycles. The van der Waals surface area contributed by atoms with Gasteiger partial charge in [-0.3, -0.25) is 14.5 Å². The molecule has 3 aliphatic rings. The number of benzene rings is 1. The quantitative estimate of drug-likeness (QED) is 0.330. The second-order valence-electron chi connectivity index (χ2n) is 11.2. The fraction of sp³-hybridized carbons (Fsp3) is 0.567. The molecular weight excluding hydrogens is 578 g/mol. The smallest absolute Gasteiger partial charge is 0.422 e. The molecule has 10 heteroatoms. The van der Waals surface area contributed by atoms with Crippen LogP contribution < -0.4 is 0 Å². The van der Waals surface area contributed by atoms with E-state index in [0.717, 1.165) is 22.1 Å². The number of hydrogen-bond donors (Lipinski definition) is 0. The number of nitrogens with zero attached hydrogens (tertiary/aromatic N) is 3. The zero-order valence-electron chi connectivity index (χ0n) is 23.8. The van der Waals surface area contributed by atoms with E-state index in [1.807, 2.05) is 44.7 Å². The highest BCUT2D eigenvalue weighted by atomic mass is 79.9.